The Kier molecular flexibility index (Phi) is 4.73. The van der Waals surface area contributed by atoms with E-state index in [2.05, 4.69) is 10.2 Å². The second kappa shape index (κ2) is 6.73. The minimum Gasteiger partial charge on any atom is -0.389 e. The van der Waals surface area contributed by atoms with Gasteiger partial charge in [0.15, 0.2) is 0 Å². The van der Waals surface area contributed by atoms with Crippen molar-refractivity contribution in [2.24, 2.45) is 0 Å². The van der Waals surface area contributed by atoms with Crippen molar-refractivity contribution in [3.05, 3.63) is 30.1 Å². The third-order valence-electron chi connectivity index (χ3n) is 4.46. The lowest BCUT2D eigenvalue weighted by Crippen LogP contribution is -2.53. The molecule has 2 saturated heterocycles. The highest BCUT2D eigenvalue weighted by molar-refractivity contribution is 5.46. The summed E-state index contributed by atoms with van der Waals surface area (Å²) in [6.07, 6.45) is 2.57. The third-order valence-corrected chi connectivity index (χ3v) is 4.46. The lowest BCUT2D eigenvalue weighted by molar-refractivity contribution is -0.0309. The Morgan fingerprint density at radius 1 is 1.14 bits per heavy atom. The van der Waals surface area contributed by atoms with Gasteiger partial charge in [-0.05, 0) is 43.5 Å². The van der Waals surface area contributed by atoms with Gasteiger partial charge in [-0.15, -0.1) is 0 Å². The van der Waals surface area contributed by atoms with Crippen LogP contribution in [0.15, 0.2) is 24.3 Å². The van der Waals surface area contributed by atoms with Gasteiger partial charge < -0.3 is 20.1 Å². The van der Waals surface area contributed by atoms with E-state index in [1.54, 1.807) is 0 Å². The number of nitrogens with zero attached hydrogens (tertiary/aromatic N) is 1. The van der Waals surface area contributed by atoms with E-state index in [-0.39, 0.29) is 11.9 Å². The van der Waals surface area contributed by atoms with Gasteiger partial charge in [-0.1, -0.05) is 0 Å². The quantitative estimate of drug-likeness (QED) is 0.887. The molecule has 2 fully saturated rings. The lowest BCUT2D eigenvalue weighted by Gasteiger charge is -2.38. The van der Waals surface area contributed by atoms with Gasteiger partial charge in [0.2, 0.25) is 0 Å². The van der Waals surface area contributed by atoms with Crippen LogP contribution in [0.25, 0.3) is 0 Å². The highest BCUT2D eigenvalue weighted by atomic mass is 19.1. The van der Waals surface area contributed by atoms with Crippen LogP contribution in [0, 0.1) is 5.82 Å². The van der Waals surface area contributed by atoms with Crippen LogP contribution in [0.2, 0.25) is 0 Å². The van der Waals surface area contributed by atoms with Gasteiger partial charge in [0, 0.05) is 37.5 Å². The minimum atomic E-state index is -0.395. The number of hydrogen-bond donors (Lipinski definition) is 2. The van der Waals surface area contributed by atoms with E-state index in [9.17, 15) is 9.50 Å². The molecule has 1 aromatic carbocycles. The summed E-state index contributed by atoms with van der Waals surface area (Å²) < 4.78 is 18.2. The molecule has 3 rings (SSSR count). The van der Waals surface area contributed by atoms with Crippen molar-refractivity contribution < 1.29 is 14.2 Å². The zero-order chi connectivity index (χ0) is 14.7. The predicted octanol–water partition coefficient (Wildman–Crippen LogP) is 1.53. The molecular formula is C16H23FN2O2. The van der Waals surface area contributed by atoms with E-state index < -0.39 is 6.10 Å². The molecule has 1 aromatic rings. The van der Waals surface area contributed by atoms with E-state index in [1.165, 1.54) is 12.1 Å². The molecule has 2 N–H and O–H groups in total. The Balaban J connectivity index is 1.49. The van der Waals surface area contributed by atoms with Crippen molar-refractivity contribution in [2.75, 3.05) is 31.2 Å². The number of hydrogen-bond acceptors (Lipinski definition) is 4. The SMILES string of the molecule is O[C@@H]1COCC[C@H]1NC1CCN(c2ccc(F)cc2)CC1. The third kappa shape index (κ3) is 3.73. The van der Waals surface area contributed by atoms with Crippen LogP contribution in [0.5, 0.6) is 0 Å². The first-order chi connectivity index (χ1) is 10.2. The highest BCUT2D eigenvalue weighted by Gasteiger charge is 2.27. The number of ether oxygens (including phenoxy) is 1. The van der Waals surface area contributed by atoms with Gasteiger partial charge in [-0.2, -0.15) is 0 Å². The van der Waals surface area contributed by atoms with Crippen molar-refractivity contribution in [1.29, 1.82) is 0 Å². The van der Waals surface area contributed by atoms with E-state index in [0.717, 1.165) is 44.6 Å². The zero-order valence-corrected chi connectivity index (χ0v) is 12.2. The van der Waals surface area contributed by atoms with Gasteiger partial charge in [0.1, 0.15) is 5.82 Å². The van der Waals surface area contributed by atoms with Crippen LogP contribution in [0.1, 0.15) is 19.3 Å². The van der Waals surface area contributed by atoms with Crippen molar-refractivity contribution in [2.45, 2.75) is 37.5 Å². The van der Waals surface area contributed by atoms with E-state index in [0.29, 0.717) is 12.6 Å². The molecule has 2 heterocycles. The van der Waals surface area contributed by atoms with Crippen LogP contribution < -0.4 is 10.2 Å². The summed E-state index contributed by atoms with van der Waals surface area (Å²) in [5.41, 5.74) is 1.08. The summed E-state index contributed by atoms with van der Waals surface area (Å²) in [6.45, 7) is 3.08. The molecule has 0 unspecified atom stereocenters. The molecule has 0 radical (unpaired) electrons. The summed E-state index contributed by atoms with van der Waals surface area (Å²) in [5.74, 6) is -0.191. The maximum atomic E-state index is 13.0. The number of anilines is 1. The first-order valence-electron chi connectivity index (χ1n) is 7.75. The van der Waals surface area contributed by atoms with Crippen LogP contribution in [-0.2, 0) is 4.74 Å². The molecule has 0 aliphatic carbocycles. The second-order valence-corrected chi connectivity index (χ2v) is 5.94. The van der Waals surface area contributed by atoms with Crippen molar-refractivity contribution >= 4 is 5.69 Å². The molecule has 0 aromatic heterocycles. The van der Waals surface area contributed by atoms with E-state index in [1.807, 2.05) is 12.1 Å². The molecule has 2 aliphatic rings. The molecule has 5 heteroatoms. The first kappa shape index (κ1) is 14.8. The summed E-state index contributed by atoms with van der Waals surface area (Å²) in [6, 6.07) is 7.30. The Morgan fingerprint density at radius 3 is 2.52 bits per heavy atom. The molecule has 116 valence electrons. The number of piperidine rings is 1. The summed E-state index contributed by atoms with van der Waals surface area (Å²) >= 11 is 0. The normalized spacial score (nSPS) is 27.8. The molecule has 0 saturated carbocycles. The molecule has 0 bridgehead atoms. The molecule has 0 spiro atoms. The number of rotatable bonds is 3. The maximum absolute atomic E-state index is 13.0. The highest BCUT2D eigenvalue weighted by Crippen LogP contribution is 2.21. The van der Waals surface area contributed by atoms with E-state index >= 15 is 0 Å². The average Bonchev–Trinajstić information content (AvgIpc) is 2.51. The van der Waals surface area contributed by atoms with Crippen LogP contribution >= 0.6 is 0 Å². The largest absolute Gasteiger partial charge is 0.389 e. The first-order valence-corrected chi connectivity index (χ1v) is 7.75. The molecule has 2 aliphatic heterocycles. The van der Waals surface area contributed by atoms with E-state index in [4.69, 9.17) is 4.74 Å². The van der Waals surface area contributed by atoms with Crippen molar-refractivity contribution in [3.63, 3.8) is 0 Å². The summed E-state index contributed by atoms with van der Waals surface area (Å²) in [5, 5.41) is 13.5. The molecule has 4 nitrogen and oxygen atoms in total. The number of nitrogens with one attached hydrogen (secondary N) is 1. The van der Waals surface area contributed by atoms with Crippen LogP contribution in [0.3, 0.4) is 0 Å². The van der Waals surface area contributed by atoms with Crippen molar-refractivity contribution in [3.8, 4) is 0 Å². The Hall–Kier alpha value is -1.17. The number of benzene rings is 1. The van der Waals surface area contributed by atoms with Gasteiger partial charge in [-0.3, -0.25) is 0 Å². The fraction of sp³-hybridized carbons (Fsp3) is 0.625. The number of halogens is 1. The number of aliphatic hydroxyl groups excluding tert-OH is 1. The summed E-state index contributed by atoms with van der Waals surface area (Å²) in [4.78, 5) is 2.29. The van der Waals surface area contributed by atoms with Gasteiger partial charge in [0.25, 0.3) is 0 Å². The topological polar surface area (TPSA) is 44.7 Å². The lowest BCUT2D eigenvalue weighted by atomic mass is 9.99. The van der Waals surface area contributed by atoms with Gasteiger partial charge in [0.05, 0.1) is 12.7 Å². The Labute approximate surface area is 124 Å². The minimum absolute atomic E-state index is 0.154. The average molecular weight is 294 g/mol. The van der Waals surface area contributed by atoms with Gasteiger partial charge >= 0.3 is 0 Å². The maximum Gasteiger partial charge on any atom is 0.123 e. The fourth-order valence-electron chi connectivity index (χ4n) is 3.18. The molecular weight excluding hydrogens is 271 g/mol. The van der Waals surface area contributed by atoms with Crippen molar-refractivity contribution in [1.82, 2.24) is 5.32 Å². The van der Waals surface area contributed by atoms with Crippen LogP contribution in [0.4, 0.5) is 10.1 Å². The standard InChI is InChI=1S/C16H23FN2O2/c17-12-1-3-14(4-2-12)19-8-5-13(6-9-19)18-15-7-10-21-11-16(15)20/h1-4,13,15-16,18,20H,5-11H2/t15-,16-/m1/s1. The zero-order valence-electron chi connectivity index (χ0n) is 12.2. The number of aliphatic hydroxyl groups is 1. The molecule has 21 heavy (non-hydrogen) atoms. The fourth-order valence-corrected chi connectivity index (χ4v) is 3.18. The smallest absolute Gasteiger partial charge is 0.123 e. The Morgan fingerprint density at radius 2 is 1.86 bits per heavy atom. The second-order valence-electron chi connectivity index (χ2n) is 5.94. The summed E-state index contributed by atoms with van der Waals surface area (Å²) in [7, 11) is 0. The molecule has 0 amide bonds. The van der Waals surface area contributed by atoms with Gasteiger partial charge in [-0.25, -0.2) is 4.39 Å². The Bertz CT molecular complexity index is 446. The van der Waals surface area contributed by atoms with Crippen LogP contribution in [-0.4, -0.2) is 49.6 Å². The molecule has 2 atom stereocenters. The monoisotopic (exact) mass is 294 g/mol. The predicted molar refractivity (Wildman–Crippen MR) is 80.0 cm³/mol.